The first-order valence-electron chi connectivity index (χ1n) is 10.3. The SMILES string of the molecule is CCOc1cc(/C=N\NC(=O)CSc2ccc(Cl)cc2)c(Br)cc1OCc1ccc(C)cc1. The molecule has 0 saturated carbocycles. The largest absolute Gasteiger partial charge is 0.490 e. The highest BCUT2D eigenvalue weighted by Crippen LogP contribution is 2.34. The molecule has 0 aliphatic heterocycles. The zero-order valence-corrected chi connectivity index (χ0v) is 21.5. The Labute approximate surface area is 211 Å². The van der Waals surface area contributed by atoms with E-state index in [4.69, 9.17) is 21.1 Å². The zero-order chi connectivity index (χ0) is 23.6. The number of thioether (sulfide) groups is 1. The van der Waals surface area contributed by atoms with Crippen LogP contribution in [0.1, 0.15) is 23.6 Å². The number of hydrogen-bond acceptors (Lipinski definition) is 5. The summed E-state index contributed by atoms with van der Waals surface area (Å²) in [7, 11) is 0. The number of hydrogen-bond donors (Lipinski definition) is 1. The minimum atomic E-state index is -0.203. The van der Waals surface area contributed by atoms with Crippen LogP contribution < -0.4 is 14.9 Å². The molecular formula is C25H24BrClN2O3S. The molecule has 1 amide bonds. The van der Waals surface area contributed by atoms with Crippen LogP contribution >= 0.6 is 39.3 Å². The summed E-state index contributed by atoms with van der Waals surface area (Å²) in [5.74, 6) is 1.28. The van der Waals surface area contributed by atoms with E-state index in [1.165, 1.54) is 17.3 Å². The van der Waals surface area contributed by atoms with Gasteiger partial charge in [-0.25, -0.2) is 5.43 Å². The van der Waals surface area contributed by atoms with Gasteiger partial charge in [0, 0.05) is 20.0 Å². The summed E-state index contributed by atoms with van der Waals surface area (Å²) in [4.78, 5) is 13.1. The predicted octanol–water partition coefficient (Wildman–Crippen LogP) is 6.63. The summed E-state index contributed by atoms with van der Waals surface area (Å²) in [6, 6.07) is 19.2. The number of nitrogens with zero attached hydrogens (tertiary/aromatic N) is 1. The van der Waals surface area contributed by atoms with Crippen molar-refractivity contribution in [2.24, 2.45) is 5.10 Å². The molecule has 8 heteroatoms. The van der Waals surface area contributed by atoms with Crippen molar-refractivity contribution in [1.29, 1.82) is 0 Å². The maximum Gasteiger partial charge on any atom is 0.250 e. The van der Waals surface area contributed by atoms with Crippen molar-refractivity contribution in [3.8, 4) is 11.5 Å². The molecule has 0 atom stereocenters. The fraction of sp³-hybridized carbons (Fsp3) is 0.200. The Morgan fingerprint density at radius 2 is 1.79 bits per heavy atom. The van der Waals surface area contributed by atoms with Crippen LogP contribution in [0.3, 0.4) is 0 Å². The van der Waals surface area contributed by atoms with Crippen LogP contribution in [-0.4, -0.2) is 24.5 Å². The van der Waals surface area contributed by atoms with Gasteiger partial charge in [0.25, 0.3) is 0 Å². The topological polar surface area (TPSA) is 59.9 Å². The van der Waals surface area contributed by atoms with Gasteiger partial charge in [0.15, 0.2) is 11.5 Å². The second kappa shape index (κ2) is 12.7. The molecule has 1 N–H and O–H groups in total. The van der Waals surface area contributed by atoms with E-state index in [-0.39, 0.29) is 11.7 Å². The van der Waals surface area contributed by atoms with Crippen molar-refractivity contribution >= 4 is 51.4 Å². The van der Waals surface area contributed by atoms with Gasteiger partial charge in [-0.05, 0) is 71.7 Å². The van der Waals surface area contributed by atoms with Gasteiger partial charge in [0.05, 0.1) is 18.6 Å². The molecule has 0 fully saturated rings. The highest BCUT2D eigenvalue weighted by molar-refractivity contribution is 9.10. The number of carbonyl (C=O) groups excluding carboxylic acids is 1. The fourth-order valence-corrected chi connectivity index (χ4v) is 4.00. The Balaban J connectivity index is 1.60. The van der Waals surface area contributed by atoms with Gasteiger partial charge in [-0.2, -0.15) is 5.10 Å². The van der Waals surface area contributed by atoms with Gasteiger partial charge >= 0.3 is 0 Å². The quantitative estimate of drug-likeness (QED) is 0.176. The third-order valence-corrected chi connectivity index (χ3v) is 6.41. The van der Waals surface area contributed by atoms with E-state index < -0.39 is 0 Å². The van der Waals surface area contributed by atoms with Gasteiger partial charge in [-0.1, -0.05) is 41.4 Å². The van der Waals surface area contributed by atoms with Crippen LogP contribution in [0.25, 0.3) is 0 Å². The van der Waals surface area contributed by atoms with Crippen molar-refractivity contribution in [2.45, 2.75) is 25.3 Å². The summed E-state index contributed by atoms with van der Waals surface area (Å²) < 4.78 is 12.5. The average Bonchev–Trinajstić information content (AvgIpc) is 2.80. The minimum absolute atomic E-state index is 0.203. The van der Waals surface area contributed by atoms with E-state index in [0.29, 0.717) is 29.7 Å². The number of ether oxygens (including phenoxy) is 2. The van der Waals surface area contributed by atoms with Crippen molar-refractivity contribution in [2.75, 3.05) is 12.4 Å². The molecule has 0 radical (unpaired) electrons. The van der Waals surface area contributed by atoms with Gasteiger partial charge in [-0.15, -0.1) is 11.8 Å². The number of rotatable bonds is 10. The molecule has 172 valence electrons. The van der Waals surface area contributed by atoms with Gasteiger partial charge < -0.3 is 9.47 Å². The molecule has 0 heterocycles. The normalized spacial score (nSPS) is 10.9. The minimum Gasteiger partial charge on any atom is -0.490 e. The molecule has 0 aliphatic rings. The lowest BCUT2D eigenvalue weighted by Gasteiger charge is -2.14. The van der Waals surface area contributed by atoms with Crippen LogP contribution in [0.5, 0.6) is 11.5 Å². The summed E-state index contributed by atoms with van der Waals surface area (Å²) in [5, 5.41) is 4.74. The molecule has 0 aromatic heterocycles. The first-order valence-corrected chi connectivity index (χ1v) is 12.4. The van der Waals surface area contributed by atoms with E-state index in [0.717, 1.165) is 20.5 Å². The lowest BCUT2D eigenvalue weighted by Crippen LogP contribution is -2.19. The van der Waals surface area contributed by atoms with Gasteiger partial charge in [-0.3, -0.25) is 4.79 Å². The zero-order valence-electron chi connectivity index (χ0n) is 18.3. The van der Waals surface area contributed by atoms with Crippen molar-refractivity contribution in [3.05, 3.63) is 86.8 Å². The van der Waals surface area contributed by atoms with E-state index >= 15 is 0 Å². The second-order valence-electron chi connectivity index (χ2n) is 7.06. The highest BCUT2D eigenvalue weighted by Gasteiger charge is 2.11. The Kier molecular flexibility index (Phi) is 9.66. The van der Waals surface area contributed by atoms with E-state index in [1.807, 2.05) is 43.3 Å². The molecule has 33 heavy (non-hydrogen) atoms. The van der Waals surface area contributed by atoms with Gasteiger partial charge in [0.2, 0.25) is 5.91 Å². The molecule has 3 aromatic carbocycles. The fourth-order valence-electron chi connectivity index (χ4n) is 2.76. The lowest BCUT2D eigenvalue weighted by atomic mass is 10.2. The lowest BCUT2D eigenvalue weighted by molar-refractivity contribution is -0.118. The molecule has 0 unspecified atom stereocenters. The highest BCUT2D eigenvalue weighted by atomic mass is 79.9. The summed E-state index contributed by atoms with van der Waals surface area (Å²) in [6.45, 7) is 4.90. The Morgan fingerprint density at radius 3 is 2.48 bits per heavy atom. The van der Waals surface area contributed by atoms with Crippen LogP contribution in [0, 0.1) is 6.92 Å². The molecule has 0 spiro atoms. The monoisotopic (exact) mass is 546 g/mol. The third-order valence-electron chi connectivity index (χ3n) is 4.45. The number of halogens is 2. The van der Waals surface area contributed by atoms with E-state index in [1.54, 1.807) is 18.3 Å². The molecule has 3 rings (SSSR count). The maximum absolute atomic E-state index is 12.1. The Hall–Kier alpha value is -2.48. The summed E-state index contributed by atoms with van der Waals surface area (Å²) >= 11 is 10.8. The first-order chi connectivity index (χ1) is 15.9. The molecular weight excluding hydrogens is 524 g/mol. The standard InChI is InChI=1S/C25H24BrClN2O3S/c1-3-31-23-12-19(14-28-29-25(30)16-33-21-10-8-20(27)9-11-21)22(26)13-24(23)32-15-18-6-4-17(2)5-7-18/h4-14H,3,15-16H2,1-2H3,(H,29,30)/b28-14-. The summed E-state index contributed by atoms with van der Waals surface area (Å²) in [5.41, 5.74) is 5.58. The molecule has 0 bridgehead atoms. The molecule has 0 saturated heterocycles. The molecule has 3 aromatic rings. The molecule has 0 aliphatic carbocycles. The van der Waals surface area contributed by atoms with Crippen molar-refractivity contribution in [1.82, 2.24) is 5.43 Å². The number of benzene rings is 3. The smallest absolute Gasteiger partial charge is 0.250 e. The Morgan fingerprint density at radius 1 is 1.09 bits per heavy atom. The third kappa shape index (κ3) is 8.11. The van der Waals surface area contributed by atoms with E-state index in [9.17, 15) is 4.79 Å². The van der Waals surface area contributed by atoms with Crippen molar-refractivity contribution < 1.29 is 14.3 Å². The number of amides is 1. The van der Waals surface area contributed by atoms with Crippen LogP contribution in [-0.2, 0) is 11.4 Å². The van der Waals surface area contributed by atoms with Crippen LogP contribution in [0.15, 0.2) is 75.1 Å². The van der Waals surface area contributed by atoms with E-state index in [2.05, 4.69) is 45.5 Å². The Bertz CT molecular complexity index is 1110. The maximum atomic E-state index is 12.1. The second-order valence-corrected chi connectivity index (χ2v) is 9.40. The number of carbonyl (C=O) groups is 1. The predicted molar refractivity (Wildman–Crippen MR) is 139 cm³/mol. The first kappa shape index (κ1) is 25.1. The number of aryl methyl sites for hydroxylation is 1. The molecule has 5 nitrogen and oxygen atoms in total. The van der Waals surface area contributed by atoms with Crippen LogP contribution in [0.4, 0.5) is 0 Å². The summed E-state index contributed by atoms with van der Waals surface area (Å²) in [6.07, 6.45) is 1.57. The van der Waals surface area contributed by atoms with Crippen molar-refractivity contribution in [3.63, 3.8) is 0 Å². The van der Waals surface area contributed by atoms with Crippen LogP contribution in [0.2, 0.25) is 5.02 Å². The number of nitrogens with one attached hydrogen (secondary N) is 1. The average molecular weight is 548 g/mol. The van der Waals surface area contributed by atoms with Gasteiger partial charge in [0.1, 0.15) is 6.61 Å². The number of hydrazone groups is 1.